The molecular formula is C14H20N2O3. The predicted octanol–water partition coefficient (Wildman–Crippen LogP) is 1.95. The molecule has 104 valence electrons. The number of pyridine rings is 1. The molecule has 19 heavy (non-hydrogen) atoms. The maximum atomic E-state index is 11.1. The van der Waals surface area contributed by atoms with Gasteiger partial charge in [-0.15, -0.1) is 0 Å². The van der Waals surface area contributed by atoms with E-state index in [2.05, 4.69) is 16.9 Å². The van der Waals surface area contributed by atoms with Gasteiger partial charge < -0.3 is 14.7 Å². The fraction of sp³-hybridized carbons (Fsp3) is 0.571. The van der Waals surface area contributed by atoms with Crippen molar-refractivity contribution in [1.29, 1.82) is 0 Å². The normalized spacial score (nSPS) is 20.2. The lowest BCUT2D eigenvalue weighted by molar-refractivity contribution is 0.0687. The van der Waals surface area contributed by atoms with Gasteiger partial charge in [-0.1, -0.05) is 6.42 Å². The molecule has 1 atom stereocenters. The zero-order valence-corrected chi connectivity index (χ0v) is 11.4. The maximum Gasteiger partial charge on any atom is 0.341 e. The molecule has 0 bridgehead atoms. The van der Waals surface area contributed by atoms with Crippen molar-refractivity contribution in [3.63, 3.8) is 0 Å². The summed E-state index contributed by atoms with van der Waals surface area (Å²) < 4.78 is 5.73. The van der Waals surface area contributed by atoms with E-state index in [1.54, 1.807) is 6.07 Å². The topological polar surface area (TPSA) is 62.7 Å². The summed E-state index contributed by atoms with van der Waals surface area (Å²) in [4.78, 5) is 17.4. The van der Waals surface area contributed by atoms with E-state index in [9.17, 15) is 4.79 Å². The number of carboxylic acids is 1. The summed E-state index contributed by atoms with van der Waals surface area (Å²) in [6.45, 7) is 3.43. The van der Waals surface area contributed by atoms with E-state index in [1.165, 1.54) is 19.0 Å². The largest absolute Gasteiger partial charge is 0.491 e. The van der Waals surface area contributed by atoms with Gasteiger partial charge in [0.15, 0.2) is 0 Å². The number of aromatic carboxylic acids is 1. The third kappa shape index (κ3) is 3.44. The van der Waals surface area contributed by atoms with Gasteiger partial charge in [-0.3, -0.25) is 4.98 Å². The molecule has 5 nitrogen and oxygen atoms in total. The first-order valence-electron chi connectivity index (χ1n) is 6.61. The van der Waals surface area contributed by atoms with Crippen molar-refractivity contribution >= 4 is 5.97 Å². The number of likely N-dealkylation sites (N-methyl/N-ethyl adjacent to an activating group) is 1. The van der Waals surface area contributed by atoms with Gasteiger partial charge in [0, 0.05) is 24.0 Å². The third-order valence-corrected chi connectivity index (χ3v) is 3.59. The second-order valence-corrected chi connectivity index (χ2v) is 5.07. The standard InChI is InChI=1S/C14H20N2O3/c1-10-7-13(12(8-15-10)14(17)18)19-9-11-5-3-4-6-16(11)2/h7-8,11H,3-6,9H2,1-2H3,(H,17,18). The van der Waals surface area contributed by atoms with Crippen molar-refractivity contribution in [3.05, 3.63) is 23.5 Å². The van der Waals surface area contributed by atoms with Gasteiger partial charge in [-0.2, -0.15) is 0 Å². The second kappa shape index (κ2) is 6.02. The third-order valence-electron chi connectivity index (χ3n) is 3.59. The monoisotopic (exact) mass is 264 g/mol. The van der Waals surface area contributed by atoms with Crippen molar-refractivity contribution < 1.29 is 14.6 Å². The van der Waals surface area contributed by atoms with Crippen molar-refractivity contribution in [2.45, 2.75) is 32.2 Å². The van der Waals surface area contributed by atoms with E-state index in [4.69, 9.17) is 9.84 Å². The molecule has 1 aliphatic rings. The van der Waals surface area contributed by atoms with Gasteiger partial charge in [0.25, 0.3) is 0 Å². The molecule has 0 spiro atoms. The summed E-state index contributed by atoms with van der Waals surface area (Å²) in [6, 6.07) is 2.05. The van der Waals surface area contributed by atoms with Gasteiger partial charge in [0.2, 0.25) is 0 Å². The molecule has 0 radical (unpaired) electrons. The quantitative estimate of drug-likeness (QED) is 0.900. The number of hydrogen-bond acceptors (Lipinski definition) is 4. The van der Waals surface area contributed by atoms with Crippen LogP contribution in [0, 0.1) is 6.92 Å². The number of likely N-dealkylation sites (tertiary alicyclic amines) is 1. The lowest BCUT2D eigenvalue weighted by atomic mass is 10.0. The fourth-order valence-corrected chi connectivity index (χ4v) is 2.36. The number of ether oxygens (including phenoxy) is 1. The highest BCUT2D eigenvalue weighted by atomic mass is 16.5. The highest BCUT2D eigenvalue weighted by molar-refractivity contribution is 5.90. The first-order valence-corrected chi connectivity index (χ1v) is 6.61. The lowest BCUT2D eigenvalue weighted by Crippen LogP contribution is -2.40. The van der Waals surface area contributed by atoms with Crippen molar-refractivity contribution in [1.82, 2.24) is 9.88 Å². The van der Waals surface area contributed by atoms with E-state index in [0.717, 1.165) is 18.7 Å². The Bertz CT molecular complexity index is 462. The van der Waals surface area contributed by atoms with Gasteiger partial charge in [0.1, 0.15) is 17.9 Å². The minimum atomic E-state index is -1.00. The van der Waals surface area contributed by atoms with Crippen LogP contribution < -0.4 is 4.74 Å². The van der Waals surface area contributed by atoms with Crippen LogP contribution >= 0.6 is 0 Å². The predicted molar refractivity (Wildman–Crippen MR) is 71.7 cm³/mol. The molecular weight excluding hydrogens is 244 g/mol. The molecule has 1 N–H and O–H groups in total. The number of aryl methyl sites for hydroxylation is 1. The molecule has 1 aliphatic heterocycles. The van der Waals surface area contributed by atoms with Crippen molar-refractivity contribution in [3.8, 4) is 5.75 Å². The number of hydrogen-bond donors (Lipinski definition) is 1. The van der Waals surface area contributed by atoms with Crippen molar-refractivity contribution in [2.75, 3.05) is 20.2 Å². The molecule has 0 saturated carbocycles. The summed E-state index contributed by atoms with van der Waals surface area (Å²) >= 11 is 0. The zero-order chi connectivity index (χ0) is 13.8. The first kappa shape index (κ1) is 13.8. The van der Waals surface area contributed by atoms with E-state index in [-0.39, 0.29) is 5.56 Å². The van der Waals surface area contributed by atoms with Crippen LogP contribution in [0.15, 0.2) is 12.3 Å². The highest BCUT2D eigenvalue weighted by Gasteiger charge is 2.20. The molecule has 1 saturated heterocycles. The number of aromatic nitrogens is 1. The molecule has 1 aromatic heterocycles. The number of carbonyl (C=O) groups is 1. The van der Waals surface area contributed by atoms with Crippen LogP contribution in [0.3, 0.4) is 0 Å². The Labute approximate surface area is 113 Å². The van der Waals surface area contributed by atoms with Crippen LogP contribution in [-0.4, -0.2) is 47.2 Å². The number of carboxylic acid groups (broad SMARTS) is 1. The Morgan fingerprint density at radius 3 is 3.05 bits per heavy atom. The summed E-state index contributed by atoms with van der Waals surface area (Å²) in [5.41, 5.74) is 0.890. The van der Waals surface area contributed by atoms with E-state index in [1.807, 2.05) is 6.92 Å². The van der Waals surface area contributed by atoms with Crippen LogP contribution in [0.4, 0.5) is 0 Å². The molecule has 1 unspecified atom stereocenters. The molecule has 0 aromatic carbocycles. The molecule has 0 amide bonds. The fourth-order valence-electron chi connectivity index (χ4n) is 2.36. The van der Waals surface area contributed by atoms with Crippen LogP contribution in [0.2, 0.25) is 0 Å². The summed E-state index contributed by atoms with van der Waals surface area (Å²) in [5, 5.41) is 9.12. The Balaban J connectivity index is 2.05. The maximum absolute atomic E-state index is 11.1. The van der Waals surface area contributed by atoms with Crippen LogP contribution in [0.5, 0.6) is 5.75 Å². The number of rotatable bonds is 4. The van der Waals surface area contributed by atoms with E-state index < -0.39 is 5.97 Å². The van der Waals surface area contributed by atoms with Crippen molar-refractivity contribution in [2.24, 2.45) is 0 Å². The highest BCUT2D eigenvalue weighted by Crippen LogP contribution is 2.21. The average molecular weight is 264 g/mol. The van der Waals surface area contributed by atoms with Crippen LogP contribution in [0.25, 0.3) is 0 Å². The van der Waals surface area contributed by atoms with Gasteiger partial charge >= 0.3 is 5.97 Å². The minimum absolute atomic E-state index is 0.129. The minimum Gasteiger partial charge on any atom is -0.491 e. The Kier molecular flexibility index (Phi) is 4.37. The number of nitrogens with zero attached hydrogens (tertiary/aromatic N) is 2. The van der Waals surface area contributed by atoms with Crippen LogP contribution in [0.1, 0.15) is 35.3 Å². The summed E-state index contributed by atoms with van der Waals surface area (Å²) in [5.74, 6) is -0.585. The first-order chi connectivity index (χ1) is 9.08. The molecule has 1 fully saturated rings. The van der Waals surface area contributed by atoms with Crippen LogP contribution in [-0.2, 0) is 0 Å². The Hall–Kier alpha value is -1.62. The summed E-state index contributed by atoms with van der Waals surface area (Å²) in [7, 11) is 2.09. The van der Waals surface area contributed by atoms with E-state index in [0.29, 0.717) is 18.4 Å². The zero-order valence-electron chi connectivity index (χ0n) is 11.4. The molecule has 1 aromatic rings. The van der Waals surface area contributed by atoms with Gasteiger partial charge in [-0.25, -0.2) is 4.79 Å². The molecule has 2 heterocycles. The molecule has 2 rings (SSSR count). The molecule has 5 heteroatoms. The van der Waals surface area contributed by atoms with Gasteiger partial charge in [0.05, 0.1) is 0 Å². The smallest absolute Gasteiger partial charge is 0.341 e. The average Bonchev–Trinajstić information content (AvgIpc) is 2.37. The molecule has 0 aliphatic carbocycles. The number of piperidine rings is 1. The summed E-state index contributed by atoms with van der Waals surface area (Å²) in [6.07, 6.45) is 4.89. The lowest BCUT2D eigenvalue weighted by Gasteiger charge is -2.32. The van der Waals surface area contributed by atoms with E-state index >= 15 is 0 Å². The SMILES string of the molecule is Cc1cc(OCC2CCCCN2C)c(C(=O)O)cn1. The van der Waals surface area contributed by atoms with Gasteiger partial charge in [-0.05, 0) is 33.4 Å². The Morgan fingerprint density at radius 1 is 1.58 bits per heavy atom. The second-order valence-electron chi connectivity index (χ2n) is 5.07. The Morgan fingerprint density at radius 2 is 2.37 bits per heavy atom.